The second-order valence-electron chi connectivity index (χ2n) is 14.9. The normalized spacial score (nSPS) is 11.7. The van der Waals surface area contributed by atoms with E-state index in [9.17, 15) is 9.59 Å². The Morgan fingerprint density at radius 3 is 1.22 bits per heavy atom. The van der Waals surface area contributed by atoms with Crippen molar-refractivity contribution in [3.8, 4) is 22.5 Å². The number of aromatic nitrogens is 2. The van der Waals surface area contributed by atoms with Crippen molar-refractivity contribution in [2.24, 2.45) is 0 Å². The van der Waals surface area contributed by atoms with Gasteiger partial charge in [0.1, 0.15) is 0 Å². The number of rotatable bonds is 16. The molecule has 0 saturated heterocycles. The van der Waals surface area contributed by atoms with Gasteiger partial charge in [0.15, 0.2) is 0 Å². The van der Waals surface area contributed by atoms with Crippen LogP contribution in [0.25, 0.3) is 44.3 Å². The van der Waals surface area contributed by atoms with E-state index >= 15 is 0 Å². The van der Waals surface area contributed by atoms with Gasteiger partial charge in [-0.05, 0) is 99.9 Å². The molecule has 266 valence electrons. The van der Waals surface area contributed by atoms with Crippen LogP contribution in [0.15, 0.2) is 48.5 Å². The zero-order chi connectivity index (χ0) is 35.9. The minimum absolute atomic E-state index is 0.0256. The predicted octanol–water partition coefficient (Wildman–Crippen LogP) is 13.3. The fourth-order valence-electron chi connectivity index (χ4n) is 8.07. The first-order valence-corrected chi connectivity index (χ1v) is 19.5. The molecule has 0 aliphatic heterocycles. The molecule has 0 bridgehead atoms. The van der Waals surface area contributed by atoms with Crippen molar-refractivity contribution in [3.05, 3.63) is 81.9 Å². The van der Waals surface area contributed by atoms with Crippen LogP contribution in [0.1, 0.15) is 148 Å². The maximum absolute atomic E-state index is 13.8. The summed E-state index contributed by atoms with van der Waals surface area (Å²) < 4.78 is 3.97. The van der Waals surface area contributed by atoms with Gasteiger partial charge in [0.05, 0.1) is 22.4 Å². The van der Waals surface area contributed by atoms with Gasteiger partial charge in [0.25, 0.3) is 0 Å². The van der Waals surface area contributed by atoms with Crippen molar-refractivity contribution in [3.63, 3.8) is 0 Å². The summed E-state index contributed by atoms with van der Waals surface area (Å²) in [5.41, 5.74) is 13.4. The lowest BCUT2D eigenvalue weighted by molar-refractivity contribution is 0.0934. The lowest BCUT2D eigenvalue weighted by atomic mass is 9.94. The van der Waals surface area contributed by atoms with Crippen LogP contribution in [0.4, 0.5) is 0 Å². The molecule has 0 amide bonds. The molecule has 3 aromatic carbocycles. The van der Waals surface area contributed by atoms with Gasteiger partial charge in [-0.2, -0.15) is 0 Å². The maximum atomic E-state index is 13.8. The average molecular weight is 673 g/mol. The highest BCUT2D eigenvalue weighted by Gasteiger charge is 2.27. The summed E-state index contributed by atoms with van der Waals surface area (Å²) >= 11 is 0. The van der Waals surface area contributed by atoms with E-state index in [1.807, 2.05) is 9.13 Å². The Morgan fingerprint density at radius 2 is 0.860 bits per heavy atom. The molecule has 0 radical (unpaired) electrons. The first-order chi connectivity index (χ1) is 24.1. The molecule has 0 saturated carbocycles. The Morgan fingerprint density at radius 1 is 0.500 bits per heavy atom. The fraction of sp³-hybridized carbons (Fsp3) is 0.478. The number of nitrogens with zero attached hydrogens (tertiary/aromatic N) is 2. The minimum atomic E-state index is 0.0256. The zero-order valence-corrected chi connectivity index (χ0v) is 32.2. The molecule has 0 atom stereocenters. The Bertz CT molecular complexity index is 1840. The highest BCUT2D eigenvalue weighted by Crippen LogP contribution is 2.43. The molecular formula is C46H60N2O2. The standard InChI is InChI=1S/C46H60N2O2/c1-9-11-13-15-17-19-21-37-41-29-44-42(30-43(41)47(35(7)49)45(37)39-27-31(3)23-25-33(39)5)38(22-20-18-16-14-12-10-2)46(48(44)36(8)50)40-28-32(4)24-26-34(40)6/h23-30H,9-22H2,1-8H3. The SMILES string of the molecule is CCCCCCCCc1c(-c2cc(C)ccc2C)n(C(C)=O)c2cc3c(CCCCCCCC)c(-c4cc(C)ccc4C)n(C(C)=O)c3cc12. The molecule has 0 aliphatic carbocycles. The van der Waals surface area contributed by atoms with Crippen molar-refractivity contribution < 1.29 is 9.59 Å². The molecular weight excluding hydrogens is 613 g/mol. The molecule has 5 rings (SSSR count). The third kappa shape index (κ3) is 7.85. The van der Waals surface area contributed by atoms with Crippen LogP contribution in [0.2, 0.25) is 0 Å². The lowest BCUT2D eigenvalue weighted by Gasteiger charge is -2.14. The smallest absolute Gasteiger partial charge is 0.228 e. The van der Waals surface area contributed by atoms with E-state index in [-0.39, 0.29) is 11.8 Å². The van der Waals surface area contributed by atoms with Crippen LogP contribution >= 0.6 is 0 Å². The summed E-state index contributed by atoms with van der Waals surface area (Å²) in [6, 6.07) is 17.7. The molecule has 4 heteroatoms. The largest absolute Gasteiger partial charge is 0.280 e. The van der Waals surface area contributed by atoms with Crippen LogP contribution in [-0.4, -0.2) is 20.9 Å². The molecule has 50 heavy (non-hydrogen) atoms. The van der Waals surface area contributed by atoms with Crippen molar-refractivity contribution in [1.82, 2.24) is 9.13 Å². The number of aryl methyl sites for hydroxylation is 6. The number of hydrogen-bond acceptors (Lipinski definition) is 2. The second-order valence-corrected chi connectivity index (χ2v) is 14.9. The Hall–Kier alpha value is -3.92. The summed E-state index contributed by atoms with van der Waals surface area (Å²) in [5.74, 6) is 0.0513. The highest BCUT2D eigenvalue weighted by molar-refractivity contribution is 6.11. The topological polar surface area (TPSA) is 44.0 Å². The number of carbonyl (C=O) groups is 2. The molecule has 2 heterocycles. The van der Waals surface area contributed by atoms with Crippen LogP contribution in [0.3, 0.4) is 0 Å². The van der Waals surface area contributed by atoms with Gasteiger partial charge in [-0.3, -0.25) is 18.7 Å². The molecule has 4 nitrogen and oxygen atoms in total. The quantitative estimate of drug-likeness (QED) is 0.0979. The Kier molecular flexibility index (Phi) is 12.6. The second kappa shape index (κ2) is 16.9. The van der Waals surface area contributed by atoms with Gasteiger partial charge >= 0.3 is 0 Å². The molecule has 5 aromatic rings. The summed E-state index contributed by atoms with van der Waals surface area (Å²) in [6.07, 6.45) is 16.3. The highest BCUT2D eigenvalue weighted by atomic mass is 16.2. The van der Waals surface area contributed by atoms with E-state index in [2.05, 4.69) is 90.1 Å². The van der Waals surface area contributed by atoms with E-state index in [0.717, 1.165) is 70.0 Å². The van der Waals surface area contributed by atoms with Gasteiger partial charge in [-0.25, -0.2) is 0 Å². The van der Waals surface area contributed by atoms with Gasteiger partial charge in [-0.1, -0.05) is 113 Å². The lowest BCUT2D eigenvalue weighted by Crippen LogP contribution is -2.09. The van der Waals surface area contributed by atoms with Crippen LogP contribution in [0, 0.1) is 27.7 Å². The number of unbranched alkanes of at least 4 members (excludes halogenated alkanes) is 10. The summed E-state index contributed by atoms with van der Waals surface area (Å²) in [4.78, 5) is 27.6. The molecule has 0 fully saturated rings. The van der Waals surface area contributed by atoms with Crippen molar-refractivity contribution in [2.45, 2.75) is 145 Å². The van der Waals surface area contributed by atoms with Crippen LogP contribution in [0.5, 0.6) is 0 Å². The van der Waals surface area contributed by atoms with E-state index in [0.29, 0.717) is 0 Å². The van der Waals surface area contributed by atoms with Gasteiger partial charge in [0.2, 0.25) is 11.8 Å². The predicted molar refractivity (Wildman–Crippen MR) is 214 cm³/mol. The Labute approximate surface area is 301 Å². The molecule has 2 aromatic heterocycles. The maximum Gasteiger partial charge on any atom is 0.228 e. The molecule has 0 unspecified atom stereocenters. The third-order valence-electron chi connectivity index (χ3n) is 10.8. The Balaban J connectivity index is 1.81. The zero-order valence-electron chi connectivity index (χ0n) is 32.2. The average Bonchev–Trinajstić information content (AvgIpc) is 3.57. The number of benzene rings is 3. The van der Waals surface area contributed by atoms with E-state index in [1.165, 1.54) is 97.6 Å². The minimum Gasteiger partial charge on any atom is -0.280 e. The molecule has 0 aliphatic rings. The molecule has 0 N–H and O–H groups in total. The fourth-order valence-corrected chi connectivity index (χ4v) is 8.07. The first kappa shape index (κ1) is 37.3. The van der Waals surface area contributed by atoms with E-state index < -0.39 is 0 Å². The van der Waals surface area contributed by atoms with Crippen LogP contribution in [-0.2, 0) is 12.8 Å². The third-order valence-corrected chi connectivity index (χ3v) is 10.8. The van der Waals surface area contributed by atoms with Gasteiger partial charge in [-0.15, -0.1) is 0 Å². The van der Waals surface area contributed by atoms with Crippen LogP contribution < -0.4 is 0 Å². The number of fused-ring (bicyclic) bond motifs is 2. The summed E-state index contributed by atoms with van der Waals surface area (Å²) in [5, 5.41) is 2.19. The first-order valence-electron chi connectivity index (χ1n) is 19.5. The summed E-state index contributed by atoms with van der Waals surface area (Å²) in [6.45, 7) is 16.5. The number of carbonyl (C=O) groups excluding carboxylic acids is 2. The molecule has 0 spiro atoms. The van der Waals surface area contributed by atoms with Crippen molar-refractivity contribution >= 4 is 33.6 Å². The van der Waals surface area contributed by atoms with Gasteiger partial charge in [0, 0.05) is 35.7 Å². The number of hydrogen-bond donors (Lipinski definition) is 0. The van der Waals surface area contributed by atoms with Crippen molar-refractivity contribution in [2.75, 3.05) is 0 Å². The van der Waals surface area contributed by atoms with Gasteiger partial charge < -0.3 is 0 Å². The monoisotopic (exact) mass is 672 g/mol. The van der Waals surface area contributed by atoms with Crippen molar-refractivity contribution in [1.29, 1.82) is 0 Å². The summed E-state index contributed by atoms with van der Waals surface area (Å²) in [7, 11) is 0. The van der Waals surface area contributed by atoms with E-state index in [4.69, 9.17) is 0 Å². The van der Waals surface area contributed by atoms with E-state index in [1.54, 1.807) is 13.8 Å².